The Balaban J connectivity index is 1.72. The Kier molecular flexibility index (Phi) is 4.64. The van der Waals surface area contributed by atoms with Gasteiger partial charge in [0.1, 0.15) is 11.5 Å². The van der Waals surface area contributed by atoms with Gasteiger partial charge < -0.3 is 14.8 Å². The monoisotopic (exact) mass is 297 g/mol. The average molecular weight is 297 g/mol. The highest BCUT2D eigenvalue weighted by molar-refractivity contribution is 5.34. The van der Waals surface area contributed by atoms with Crippen LogP contribution < -0.4 is 14.8 Å². The quantitative estimate of drug-likeness (QED) is 0.839. The molecule has 0 bridgehead atoms. The highest BCUT2D eigenvalue weighted by Crippen LogP contribution is 2.41. The minimum Gasteiger partial charge on any atom is -0.497 e. The summed E-state index contributed by atoms with van der Waals surface area (Å²) < 4.78 is 10.7. The molecule has 1 unspecified atom stereocenters. The molecular weight excluding hydrogens is 274 g/mol. The molecule has 116 valence electrons. The summed E-state index contributed by atoms with van der Waals surface area (Å²) in [7, 11) is 3.42. The molecule has 3 heteroatoms. The van der Waals surface area contributed by atoms with Crippen molar-refractivity contribution in [3.05, 3.63) is 59.7 Å². The van der Waals surface area contributed by atoms with Gasteiger partial charge in [-0.25, -0.2) is 0 Å². The van der Waals surface area contributed by atoms with Gasteiger partial charge in [0.25, 0.3) is 0 Å². The average Bonchev–Trinajstić information content (AvgIpc) is 3.41. The number of ether oxygens (including phenoxy) is 2. The summed E-state index contributed by atoms with van der Waals surface area (Å²) in [4.78, 5) is 0. The van der Waals surface area contributed by atoms with Crippen LogP contribution in [0.15, 0.2) is 48.5 Å². The minimum absolute atomic E-state index is 0.399. The third-order valence-corrected chi connectivity index (χ3v) is 4.27. The fourth-order valence-electron chi connectivity index (χ4n) is 2.87. The zero-order valence-electron chi connectivity index (χ0n) is 13.2. The summed E-state index contributed by atoms with van der Waals surface area (Å²) in [5.74, 6) is 2.59. The lowest BCUT2D eigenvalue weighted by Gasteiger charge is -2.20. The van der Waals surface area contributed by atoms with Crippen molar-refractivity contribution in [1.82, 2.24) is 5.32 Å². The van der Waals surface area contributed by atoms with E-state index in [0.29, 0.717) is 6.04 Å². The van der Waals surface area contributed by atoms with Crippen LogP contribution in [0.4, 0.5) is 0 Å². The Labute approximate surface area is 132 Å². The molecule has 0 heterocycles. The van der Waals surface area contributed by atoms with Crippen LogP contribution in [-0.2, 0) is 6.54 Å². The number of methoxy groups -OCH3 is 2. The van der Waals surface area contributed by atoms with Crippen molar-refractivity contribution in [3.8, 4) is 11.5 Å². The first-order valence-electron chi connectivity index (χ1n) is 7.81. The van der Waals surface area contributed by atoms with Crippen LogP contribution in [0.2, 0.25) is 0 Å². The summed E-state index contributed by atoms with van der Waals surface area (Å²) >= 11 is 0. The van der Waals surface area contributed by atoms with Crippen molar-refractivity contribution in [2.75, 3.05) is 14.2 Å². The predicted molar refractivity (Wildman–Crippen MR) is 88.3 cm³/mol. The highest BCUT2D eigenvalue weighted by Gasteiger charge is 2.32. The van der Waals surface area contributed by atoms with E-state index in [2.05, 4.69) is 29.6 Å². The van der Waals surface area contributed by atoms with Crippen LogP contribution in [-0.4, -0.2) is 14.2 Å². The molecule has 2 aromatic carbocycles. The third kappa shape index (κ3) is 3.42. The highest BCUT2D eigenvalue weighted by atomic mass is 16.5. The van der Waals surface area contributed by atoms with E-state index in [1.165, 1.54) is 24.0 Å². The molecule has 1 saturated carbocycles. The summed E-state index contributed by atoms with van der Waals surface area (Å²) in [5.41, 5.74) is 2.53. The van der Waals surface area contributed by atoms with Crippen LogP contribution in [0.25, 0.3) is 0 Å². The standard InChI is InChI=1S/C19H23NO2/c1-21-17-11-9-15(10-12-17)19(14-7-8-14)20-13-16-5-3-4-6-18(16)22-2/h3-6,9-12,14,19-20H,7-8,13H2,1-2H3. The first kappa shape index (κ1) is 14.9. The van der Waals surface area contributed by atoms with Gasteiger partial charge >= 0.3 is 0 Å². The molecule has 0 aromatic heterocycles. The van der Waals surface area contributed by atoms with Crippen LogP contribution in [0.3, 0.4) is 0 Å². The fraction of sp³-hybridized carbons (Fsp3) is 0.368. The molecule has 22 heavy (non-hydrogen) atoms. The van der Waals surface area contributed by atoms with Crippen molar-refractivity contribution >= 4 is 0 Å². The molecule has 1 aliphatic carbocycles. The van der Waals surface area contributed by atoms with Crippen LogP contribution in [0.1, 0.15) is 30.0 Å². The van der Waals surface area contributed by atoms with E-state index in [1.54, 1.807) is 14.2 Å². The SMILES string of the molecule is COc1ccc(C(NCc2ccccc2OC)C2CC2)cc1. The Morgan fingerprint density at radius 2 is 1.73 bits per heavy atom. The molecule has 1 atom stereocenters. The van der Waals surface area contributed by atoms with Gasteiger partial charge in [-0.2, -0.15) is 0 Å². The van der Waals surface area contributed by atoms with Crippen molar-refractivity contribution < 1.29 is 9.47 Å². The van der Waals surface area contributed by atoms with Crippen molar-refractivity contribution in [3.63, 3.8) is 0 Å². The molecule has 2 aromatic rings. The predicted octanol–water partition coefficient (Wildman–Crippen LogP) is 3.94. The number of para-hydroxylation sites is 1. The van der Waals surface area contributed by atoms with Crippen molar-refractivity contribution in [2.45, 2.75) is 25.4 Å². The van der Waals surface area contributed by atoms with Gasteiger partial charge in [-0.05, 0) is 42.5 Å². The van der Waals surface area contributed by atoms with E-state index < -0.39 is 0 Å². The molecule has 0 spiro atoms. The largest absolute Gasteiger partial charge is 0.497 e. The molecule has 0 aliphatic heterocycles. The number of nitrogens with one attached hydrogen (secondary N) is 1. The number of benzene rings is 2. The van der Waals surface area contributed by atoms with Gasteiger partial charge in [0.05, 0.1) is 14.2 Å². The maximum atomic E-state index is 5.43. The summed E-state index contributed by atoms with van der Waals surface area (Å²) in [6.07, 6.45) is 2.60. The molecule has 0 radical (unpaired) electrons. The smallest absolute Gasteiger partial charge is 0.123 e. The van der Waals surface area contributed by atoms with Gasteiger partial charge in [-0.15, -0.1) is 0 Å². The molecule has 0 amide bonds. The fourth-order valence-corrected chi connectivity index (χ4v) is 2.87. The van der Waals surface area contributed by atoms with E-state index in [0.717, 1.165) is 24.0 Å². The lowest BCUT2D eigenvalue weighted by Crippen LogP contribution is -2.22. The maximum Gasteiger partial charge on any atom is 0.123 e. The van der Waals surface area contributed by atoms with Gasteiger partial charge in [0, 0.05) is 18.2 Å². The zero-order chi connectivity index (χ0) is 15.4. The third-order valence-electron chi connectivity index (χ3n) is 4.27. The van der Waals surface area contributed by atoms with Crippen molar-refractivity contribution in [1.29, 1.82) is 0 Å². The maximum absolute atomic E-state index is 5.43. The summed E-state index contributed by atoms with van der Waals surface area (Å²) in [5, 5.41) is 3.71. The zero-order valence-corrected chi connectivity index (χ0v) is 13.2. The summed E-state index contributed by atoms with van der Waals surface area (Å²) in [6, 6.07) is 17.0. The molecule has 1 fully saturated rings. The molecule has 0 saturated heterocycles. The molecular formula is C19H23NO2. The lowest BCUT2D eigenvalue weighted by molar-refractivity contribution is 0.402. The van der Waals surface area contributed by atoms with Gasteiger partial charge in [0.2, 0.25) is 0 Å². The molecule has 1 N–H and O–H groups in total. The topological polar surface area (TPSA) is 30.5 Å². The Morgan fingerprint density at radius 3 is 2.36 bits per heavy atom. The van der Waals surface area contributed by atoms with E-state index in [9.17, 15) is 0 Å². The van der Waals surface area contributed by atoms with E-state index in [4.69, 9.17) is 9.47 Å². The van der Waals surface area contributed by atoms with Crippen molar-refractivity contribution in [2.24, 2.45) is 5.92 Å². The first-order chi connectivity index (χ1) is 10.8. The van der Waals surface area contributed by atoms with Gasteiger partial charge in [-0.1, -0.05) is 30.3 Å². The Morgan fingerprint density at radius 1 is 1.00 bits per heavy atom. The van der Waals surface area contributed by atoms with Crippen LogP contribution in [0, 0.1) is 5.92 Å². The second-order valence-electron chi connectivity index (χ2n) is 5.78. The van der Waals surface area contributed by atoms with Crippen LogP contribution >= 0.6 is 0 Å². The molecule has 3 rings (SSSR count). The number of hydrogen-bond donors (Lipinski definition) is 1. The lowest BCUT2D eigenvalue weighted by atomic mass is 10.0. The van der Waals surface area contributed by atoms with E-state index in [-0.39, 0.29) is 0 Å². The first-order valence-corrected chi connectivity index (χ1v) is 7.81. The minimum atomic E-state index is 0.399. The number of rotatable bonds is 7. The molecule has 3 nitrogen and oxygen atoms in total. The van der Waals surface area contributed by atoms with Crippen LogP contribution in [0.5, 0.6) is 11.5 Å². The Bertz CT molecular complexity index is 605. The van der Waals surface area contributed by atoms with Gasteiger partial charge in [-0.3, -0.25) is 0 Å². The van der Waals surface area contributed by atoms with E-state index >= 15 is 0 Å². The second-order valence-corrected chi connectivity index (χ2v) is 5.78. The van der Waals surface area contributed by atoms with E-state index in [1.807, 2.05) is 24.3 Å². The molecule has 1 aliphatic rings. The Hall–Kier alpha value is -2.00. The number of hydrogen-bond acceptors (Lipinski definition) is 3. The summed E-state index contributed by atoms with van der Waals surface area (Å²) in [6.45, 7) is 0.817. The normalized spacial score (nSPS) is 15.4. The second kappa shape index (κ2) is 6.84. The van der Waals surface area contributed by atoms with Gasteiger partial charge in [0.15, 0.2) is 0 Å².